The van der Waals surface area contributed by atoms with Gasteiger partial charge in [0, 0.05) is 6.20 Å². The Balaban J connectivity index is 2.25. The highest BCUT2D eigenvalue weighted by molar-refractivity contribution is 5.68. The first-order chi connectivity index (χ1) is 7.85. The lowest BCUT2D eigenvalue weighted by Gasteiger charge is -2.03. The van der Waals surface area contributed by atoms with Gasteiger partial charge in [-0.3, -0.25) is 0 Å². The summed E-state index contributed by atoms with van der Waals surface area (Å²) in [6.45, 7) is 0. The van der Waals surface area contributed by atoms with Gasteiger partial charge in [-0.1, -0.05) is 30.3 Å². The molecule has 2 N–H and O–H groups in total. The van der Waals surface area contributed by atoms with E-state index >= 15 is 0 Å². The Bertz CT molecular complexity index is 525. The van der Waals surface area contributed by atoms with Gasteiger partial charge >= 0.3 is 0 Å². The predicted octanol–water partition coefficient (Wildman–Crippen LogP) is 1.44. The van der Waals surface area contributed by atoms with Crippen LogP contribution in [0.4, 0.5) is 0 Å². The van der Waals surface area contributed by atoms with Crippen LogP contribution in [-0.4, -0.2) is 0 Å². The SMILES string of the molecule is N#CC(C#N)=C1NC=C(c2ccccc2)N1. The third kappa shape index (κ3) is 1.73. The number of nitriles is 2. The van der Waals surface area contributed by atoms with E-state index in [9.17, 15) is 0 Å². The second kappa shape index (κ2) is 4.20. The molecule has 0 spiro atoms. The Morgan fingerprint density at radius 1 is 1.06 bits per heavy atom. The average Bonchev–Trinajstić information content (AvgIpc) is 2.81. The van der Waals surface area contributed by atoms with E-state index in [1.807, 2.05) is 42.5 Å². The molecule has 0 aromatic heterocycles. The Morgan fingerprint density at radius 2 is 1.75 bits per heavy atom. The second-order valence-electron chi connectivity index (χ2n) is 3.17. The number of hydrogen-bond donors (Lipinski definition) is 2. The normalized spacial score (nSPS) is 12.9. The highest BCUT2D eigenvalue weighted by Gasteiger charge is 2.14. The zero-order valence-electron chi connectivity index (χ0n) is 8.36. The van der Waals surface area contributed by atoms with Crippen molar-refractivity contribution in [1.29, 1.82) is 10.5 Å². The van der Waals surface area contributed by atoms with E-state index < -0.39 is 0 Å². The first kappa shape index (κ1) is 9.82. The van der Waals surface area contributed by atoms with Crippen LogP contribution < -0.4 is 10.6 Å². The molecule has 4 nitrogen and oxygen atoms in total. The maximum Gasteiger partial charge on any atom is 0.170 e. The van der Waals surface area contributed by atoms with E-state index in [1.54, 1.807) is 6.20 Å². The summed E-state index contributed by atoms with van der Waals surface area (Å²) in [6.07, 6.45) is 1.74. The molecule has 0 radical (unpaired) electrons. The molecule has 1 aliphatic rings. The Labute approximate surface area is 93.1 Å². The molecule has 0 bridgehead atoms. The van der Waals surface area contributed by atoms with Crippen molar-refractivity contribution in [2.75, 3.05) is 0 Å². The lowest BCUT2D eigenvalue weighted by Crippen LogP contribution is -2.14. The van der Waals surface area contributed by atoms with Crippen molar-refractivity contribution in [3.05, 3.63) is 53.5 Å². The Kier molecular flexibility index (Phi) is 2.58. The summed E-state index contributed by atoms with van der Waals surface area (Å²) in [6, 6.07) is 13.3. The summed E-state index contributed by atoms with van der Waals surface area (Å²) < 4.78 is 0. The molecule has 4 heteroatoms. The van der Waals surface area contributed by atoms with Gasteiger partial charge in [-0.2, -0.15) is 10.5 Å². The van der Waals surface area contributed by atoms with Crippen LogP contribution in [-0.2, 0) is 0 Å². The van der Waals surface area contributed by atoms with E-state index in [0.29, 0.717) is 5.82 Å². The first-order valence-electron chi connectivity index (χ1n) is 4.69. The molecule has 0 saturated carbocycles. The van der Waals surface area contributed by atoms with Gasteiger partial charge < -0.3 is 10.6 Å². The van der Waals surface area contributed by atoms with Crippen LogP contribution in [0.1, 0.15) is 5.56 Å². The maximum atomic E-state index is 8.71. The molecule has 2 rings (SSSR count). The number of allylic oxidation sites excluding steroid dienone is 1. The molecule has 0 saturated heterocycles. The van der Waals surface area contributed by atoms with Gasteiger partial charge in [-0.05, 0) is 5.56 Å². The van der Waals surface area contributed by atoms with Crippen molar-refractivity contribution in [2.45, 2.75) is 0 Å². The molecule has 1 aliphatic heterocycles. The topological polar surface area (TPSA) is 71.6 Å². The lowest BCUT2D eigenvalue weighted by molar-refractivity contribution is 0.983. The molecular weight excluding hydrogens is 200 g/mol. The summed E-state index contributed by atoms with van der Waals surface area (Å²) in [5.41, 5.74) is 1.89. The van der Waals surface area contributed by atoms with Gasteiger partial charge in [0.1, 0.15) is 18.0 Å². The van der Waals surface area contributed by atoms with Crippen molar-refractivity contribution in [3.63, 3.8) is 0 Å². The molecule has 1 heterocycles. The molecular formula is C12H8N4. The van der Waals surface area contributed by atoms with Gasteiger partial charge in [0.15, 0.2) is 5.57 Å². The molecule has 0 aliphatic carbocycles. The first-order valence-corrected chi connectivity index (χ1v) is 4.69. The van der Waals surface area contributed by atoms with Gasteiger partial charge in [0.25, 0.3) is 0 Å². The highest BCUT2D eigenvalue weighted by atomic mass is 15.1. The minimum atomic E-state index is 0.0437. The molecule has 0 unspecified atom stereocenters. The van der Waals surface area contributed by atoms with E-state index in [-0.39, 0.29) is 5.57 Å². The summed E-state index contributed by atoms with van der Waals surface area (Å²) in [7, 11) is 0. The van der Waals surface area contributed by atoms with Crippen LogP contribution in [0.15, 0.2) is 47.9 Å². The maximum absolute atomic E-state index is 8.71. The van der Waals surface area contributed by atoms with Crippen LogP contribution in [0.3, 0.4) is 0 Å². The minimum Gasteiger partial charge on any atom is -0.344 e. The zero-order valence-corrected chi connectivity index (χ0v) is 8.36. The molecule has 0 amide bonds. The van der Waals surface area contributed by atoms with Crippen LogP contribution in [0.2, 0.25) is 0 Å². The Hall–Kier alpha value is -2.72. The fourth-order valence-corrected chi connectivity index (χ4v) is 1.40. The van der Waals surface area contributed by atoms with Crippen LogP contribution in [0, 0.1) is 22.7 Å². The van der Waals surface area contributed by atoms with Gasteiger partial charge in [0.05, 0.1) is 5.70 Å². The van der Waals surface area contributed by atoms with Crippen molar-refractivity contribution < 1.29 is 0 Å². The Morgan fingerprint density at radius 3 is 2.38 bits per heavy atom. The number of nitrogens with zero attached hydrogens (tertiary/aromatic N) is 2. The third-order valence-electron chi connectivity index (χ3n) is 2.18. The van der Waals surface area contributed by atoms with E-state index in [2.05, 4.69) is 10.6 Å². The van der Waals surface area contributed by atoms with Gasteiger partial charge in [-0.25, -0.2) is 0 Å². The second-order valence-corrected chi connectivity index (χ2v) is 3.17. The monoisotopic (exact) mass is 208 g/mol. The summed E-state index contributed by atoms with van der Waals surface area (Å²) in [5, 5.41) is 23.3. The fourth-order valence-electron chi connectivity index (χ4n) is 1.40. The minimum absolute atomic E-state index is 0.0437. The van der Waals surface area contributed by atoms with Gasteiger partial charge in [0.2, 0.25) is 0 Å². The van der Waals surface area contributed by atoms with Crippen molar-refractivity contribution in [1.82, 2.24) is 10.6 Å². The van der Waals surface area contributed by atoms with E-state index in [4.69, 9.17) is 10.5 Å². The third-order valence-corrected chi connectivity index (χ3v) is 2.18. The summed E-state index contributed by atoms with van der Waals surface area (Å²) in [5.74, 6) is 0.434. The number of rotatable bonds is 1. The van der Waals surface area contributed by atoms with E-state index in [1.165, 1.54) is 0 Å². The van der Waals surface area contributed by atoms with Crippen LogP contribution >= 0.6 is 0 Å². The summed E-state index contributed by atoms with van der Waals surface area (Å²) in [4.78, 5) is 0. The smallest absolute Gasteiger partial charge is 0.170 e. The quantitative estimate of drug-likeness (QED) is 0.685. The highest BCUT2D eigenvalue weighted by Crippen LogP contribution is 2.16. The van der Waals surface area contributed by atoms with Crippen molar-refractivity contribution >= 4 is 5.70 Å². The number of benzene rings is 1. The van der Waals surface area contributed by atoms with Crippen molar-refractivity contribution in [3.8, 4) is 12.1 Å². The standard InChI is InChI=1S/C12H8N4/c13-6-10(7-14)12-15-8-11(16-12)9-4-2-1-3-5-9/h1-5,8,15-16H. The molecule has 1 aromatic rings. The zero-order chi connectivity index (χ0) is 11.4. The average molecular weight is 208 g/mol. The molecule has 0 atom stereocenters. The van der Waals surface area contributed by atoms with Crippen LogP contribution in [0.5, 0.6) is 0 Å². The summed E-state index contributed by atoms with van der Waals surface area (Å²) >= 11 is 0. The van der Waals surface area contributed by atoms with E-state index in [0.717, 1.165) is 11.3 Å². The van der Waals surface area contributed by atoms with Gasteiger partial charge in [-0.15, -0.1) is 0 Å². The number of nitrogens with one attached hydrogen (secondary N) is 2. The molecule has 16 heavy (non-hydrogen) atoms. The van der Waals surface area contributed by atoms with Crippen molar-refractivity contribution in [2.24, 2.45) is 0 Å². The molecule has 1 aromatic carbocycles. The fraction of sp³-hybridized carbons (Fsp3) is 0. The predicted molar refractivity (Wildman–Crippen MR) is 58.9 cm³/mol. The molecule has 76 valence electrons. The molecule has 0 fully saturated rings. The number of hydrogen-bond acceptors (Lipinski definition) is 4. The lowest BCUT2D eigenvalue weighted by atomic mass is 10.2. The largest absolute Gasteiger partial charge is 0.344 e. The van der Waals surface area contributed by atoms with Crippen LogP contribution in [0.25, 0.3) is 5.70 Å².